The number of nitrogens with two attached hydrogens (primary N) is 1. The van der Waals surface area contributed by atoms with Crippen LogP contribution in [0, 0.1) is 5.92 Å². The molecule has 1 aliphatic heterocycles. The zero-order valence-electron chi connectivity index (χ0n) is 10.2. The second-order valence-corrected chi connectivity index (χ2v) is 5.07. The van der Waals surface area contributed by atoms with Crippen LogP contribution in [0.1, 0.15) is 46.5 Å². The van der Waals surface area contributed by atoms with E-state index in [4.69, 9.17) is 5.73 Å². The summed E-state index contributed by atoms with van der Waals surface area (Å²) in [6.07, 6.45) is 4.06. The first-order valence-electron chi connectivity index (χ1n) is 6.07. The zero-order valence-corrected chi connectivity index (χ0v) is 10.2. The van der Waals surface area contributed by atoms with Crippen LogP contribution in [-0.4, -0.2) is 29.4 Å². The summed E-state index contributed by atoms with van der Waals surface area (Å²) < 4.78 is 0. The number of likely N-dealkylation sites (tertiary alicyclic amines) is 1. The molecule has 15 heavy (non-hydrogen) atoms. The Bertz CT molecular complexity index is 216. The Kier molecular flexibility index (Phi) is 4.58. The first kappa shape index (κ1) is 12.5. The van der Waals surface area contributed by atoms with E-state index in [1.807, 2.05) is 4.90 Å². The van der Waals surface area contributed by atoms with Crippen LogP contribution >= 0.6 is 0 Å². The third kappa shape index (κ3) is 3.20. The highest BCUT2D eigenvalue weighted by Gasteiger charge is 2.30. The van der Waals surface area contributed by atoms with Crippen molar-refractivity contribution in [3.8, 4) is 0 Å². The number of rotatable bonds is 3. The normalized spacial score (nSPS) is 27.1. The highest BCUT2D eigenvalue weighted by molar-refractivity contribution is 5.77. The molecule has 0 spiro atoms. The smallest absolute Gasteiger partial charge is 0.223 e. The van der Waals surface area contributed by atoms with E-state index >= 15 is 0 Å². The van der Waals surface area contributed by atoms with E-state index < -0.39 is 0 Å². The Hall–Kier alpha value is -0.570. The minimum absolute atomic E-state index is 0.278. The number of nitrogens with zero attached hydrogens (tertiary/aromatic N) is 1. The van der Waals surface area contributed by atoms with E-state index in [2.05, 4.69) is 20.8 Å². The fraction of sp³-hybridized carbons (Fsp3) is 0.917. The van der Waals surface area contributed by atoms with Gasteiger partial charge >= 0.3 is 0 Å². The van der Waals surface area contributed by atoms with Crippen LogP contribution in [0.15, 0.2) is 0 Å². The fourth-order valence-corrected chi connectivity index (χ4v) is 2.42. The Labute approximate surface area is 93.0 Å². The fourth-order valence-electron chi connectivity index (χ4n) is 2.42. The van der Waals surface area contributed by atoms with Crippen LogP contribution in [-0.2, 0) is 4.79 Å². The molecule has 3 nitrogen and oxygen atoms in total. The quantitative estimate of drug-likeness (QED) is 0.775. The van der Waals surface area contributed by atoms with Crippen LogP contribution < -0.4 is 5.73 Å². The first-order chi connectivity index (χ1) is 7.06. The van der Waals surface area contributed by atoms with Gasteiger partial charge in [0.05, 0.1) is 0 Å². The summed E-state index contributed by atoms with van der Waals surface area (Å²) in [5.41, 5.74) is 5.73. The topological polar surface area (TPSA) is 46.3 Å². The average Bonchev–Trinajstić information content (AvgIpc) is 2.15. The number of hydrogen-bond acceptors (Lipinski definition) is 2. The second kappa shape index (κ2) is 5.50. The molecule has 0 bridgehead atoms. The van der Waals surface area contributed by atoms with E-state index in [9.17, 15) is 4.79 Å². The van der Waals surface area contributed by atoms with Crippen molar-refractivity contribution in [1.29, 1.82) is 0 Å². The summed E-state index contributed by atoms with van der Waals surface area (Å²) in [6, 6.07) is 0.651. The molecule has 0 aromatic rings. The highest BCUT2D eigenvalue weighted by atomic mass is 16.2. The standard InChI is InChI=1S/C12H24N2O/c1-9(2)7-12(15)14-10(3)5-4-6-11(14)8-13/h9-11H,4-8,13H2,1-3H3. The van der Waals surface area contributed by atoms with Gasteiger partial charge in [-0.1, -0.05) is 13.8 Å². The molecule has 1 rings (SSSR count). The van der Waals surface area contributed by atoms with Gasteiger partial charge in [-0.2, -0.15) is 0 Å². The molecule has 0 aromatic carbocycles. The van der Waals surface area contributed by atoms with Crippen LogP contribution in [0.3, 0.4) is 0 Å². The maximum absolute atomic E-state index is 12.1. The van der Waals surface area contributed by atoms with Crippen molar-refractivity contribution in [2.45, 2.75) is 58.5 Å². The van der Waals surface area contributed by atoms with Gasteiger partial charge in [0.1, 0.15) is 0 Å². The number of hydrogen-bond donors (Lipinski definition) is 1. The van der Waals surface area contributed by atoms with E-state index in [0.717, 1.165) is 12.8 Å². The van der Waals surface area contributed by atoms with Crippen LogP contribution in [0.4, 0.5) is 0 Å². The molecule has 1 amide bonds. The number of amides is 1. The molecule has 0 aromatic heterocycles. The molecule has 1 heterocycles. The lowest BCUT2D eigenvalue weighted by atomic mass is 9.95. The second-order valence-electron chi connectivity index (χ2n) is 5.07. The molecule has 1 saturated heterocycles. The van der Waals surface area contributed by atoms with Crippen LogP contribution in [0.2, 0.25) is 0 Å². The molecule has 0 radical (unpaired) electrons. The molecule has 3 heteroatoms. The largest absolute Gasteiger partial charge is 0.336 e. The Morgan fingerprint density at radius 3 is 2.67 bits per heavy atom. The average molecular weight is 212 g/mol. The summed E-state index contributed by atoms with van der Waals surface area (Å²) in [5.74, 6) is 0.720. The minimum atomic E-state index is 0.278. The van der Waals surface area contributed by atoms with Gasteiger partial charge in [0.25, 0.3) is 0 Å². The summed E-state index contributed by atoms with van der Waals surface area (Å²) in [5, 5.41) is 0. The van der Waals surface area contributed by atoms with Gasteiger partial charge in [0, 0.05) is 25.0 Å². The Morgan fingerprint density at radius 2 is 2.13 bits per heavy atom. The lowest BCUT2D eigenvalue weighted by molar-refractivity contribution is -0.138. The zero-order chi connectivity index (χ0) is 11.4. The SMILES string of the molecule is CC(C)CC(=O)N1C(C)CCCC1CN. The summed E-state index contributed by atoms with van der Waals surface area (Å²) in [7, 11) is 0. The van der Waals surface area contributed by atoms with Crippen LogP contribution in [0.5, 0.6) is 0 Å². The molecule has 0 saturated carbocycles. The third-order valence-electron chi connectivity index (χ3n) is 3.17. The number of carbonyl (C=O) groups excluding carboxylic acids is 1. The van der Waals surface area contributed by atoms with Gasteiger partial charge in [-0.25, -0.2) is 0 Å². The maximum atomic E-state index is 12.1. The predicted octanol–water partition coefficient (Wildman–Crippen LogP) is 1.76. The van der Waals surface area contributed by atoms with Gasteiger partial charge in [0.2, 0.25) is 5.91 Å². The monoisotopic (exact) mass is 212 g/mol. The molecule has 1 aliphatic rings. The van der Waals surface area contributed by atoms with Gasteiger partial charge < -0.3 is 10.6 Å². The molecular weight excluding hydrogens is 188 g/mol. The highest BCUT2D eigenvalue weighted by Crippen LogP contribution is 2.23. The van der Waals surface area contributed by atoms with Crippen molar-refractivity contribution in [3.05, 3.63) is 0 Å². The third-order valence-corrected chi connectivity index (χ3v) is 3.17. The molecule has 88 valence electrons. The lowest BCUT2D eigenvalue weighted by Gasteiger charge is -2.40. The van der Waals surface area contributed by atoms with Crippen molar-refractivity contribution < 1.29 is 4.79 Å². The van der Waals surface area contributed by atoms with Crippen molar-refractivity contribution in [2.75, 3.05) is 6.54 Å². The van der Waals surface area contributed by atoms with Gasteiger partial charge in [-0.3, -0.25) is 4.79 Å². The maximum Gasteiger partial charge on any atom is 0.223 e. The van der Waals surface area contributed by atoms with Crippen molar-refractivity contribution in [2.24, 2.45) is 11.7 Å². The first-order valence-corrected chi connectivity index (χ1v) is 6.07. The predicted molar refractivity (Wildman–Crippen MR) is 62.5 cm³/mol. The van der Waals surface area contributed by atoms with Crippen molar-refractivity contribution in [1.82, 2.24) is 4.90 Å². The number of carbonyl (C=O) groups is 1. The van der Waals surface area contributed by atoms with Crippen LogP contribution in [0.25, 0.3) is 0 Å². The summed E-state index contributed by atoms with van der Waals surface area (Å²) in [6.45, 7) is 6.92. The summed E-state index contributed by atoms with van der Waals surface area (Å²) in [4.78, 5) is 14.1. The van der Waals surface area contributed by atoms with Gasteiger partial charge in [-0.05, 0) is 32.1 Å². The molecule has 2 N–H and O–H groups in total. The minimum Gasteiger partial charge on any atom is -0.336 e. The lowest BCUT2D eigenvalue weighted by Crippen LogP contribution is -2.52. The Morgan fingerprint density at radius 1 is 1.47 bits per heavy atom. The number of piperidine rings is 1. The van der Waals surface area contributed by atoms with E-state index in [-0.39, 0.29) is 11.9 Å². The van der Waals surface area contributed by atoms with E-state index in [1.54, 1.807) is 0 Å². The van der Waals surface area contributed by atoms with Gasteiger partial charge in [-0.15, -0.1) is 0 Å². The van der Waals surface area contributed by atoms with E-state index in [0.29, 0.717) is 24.9 Å². The molecule has 2 atom stereocenters. The molecule has 0 aliphatic carbocycles. The van der Waals surface area contributed by atoms with E-state index in [1.165, 1.54) is 6.42 Å². The molecular formula is C12H24N2O. The summed E-state index contributed by atoms with van der Waals surface area (Å²) >= 11 is 0. The van der Waals surface area contributed by atoms with Crippen molar-refractivity contribution >= 4 is 5.91 Å². The van der Waals surface area contributed by atoms with Crippen molar-refractivity contribution in [3.63, 3.8) is 0 Å². The molecule has 1 fully saturated rings. The molecule has 2 unspecified atom stereocenters. The Balaban J connectivity index is 2.64. The van der Waals surface area contributed by atoms with Gasteiger partial charge in [0.15, 0.2) is 0 Å².